The summed E-state index contributed by atoms with van der Waals surface area (Å²) in [5, 5.41) is 13.1. The number of rotatable bonds is 9. The van der Waals surface area contributed by atoms with Gasteiger partial charge in [-0.2, -0.15) is 0 Å². The lowest BCUT2D eigenvalue weighted by atomic mass is 9.80. The van der Waals surface area contributed by atoms with Gasteiger partial charge in [0.05, 0.1) is 15.6 Å². The summed E-state index contributed by atoms with van der Waals surface area (Å²) >= 11 is 12.2. The van der Waals surface area contributed by atoms with Crippen LogP contribution >= 0.6 is 23.2 Å². The van der Waals surface area contributed by atoms with Crippen LogP contribution in [0.5, 0.6) is 0 Å². The lowest BCUT2D eigenvalue weighted by Crippen LogP contribution is -2.52. The molecule has 3 aromatic rings. The van der Waals surface area contributed by atoms with Gasteiger partial charge in [0.15, 0.2) is 0 Å². The molecule has 230 valence electrons. The number of carbonyl (C=O) groups is 2. The van der Waals surface area contributed by atoms with Crippen molar-refractivity contribution in [1.82, 2.24) is 15.1 Å². The summed E-state index contributed by atoms with van der Waals surface area (Å²) in [7, 11) is 1.46. The predicted octanol–water partition coefficient (Wildman–Crippen LogP) is 7.94. The Kier molecular flexibility index (Phi) is 11.5. The third-order valence-electron chi connectivity index (χ3n) is 8.45. The minimum atomic E-state index is -0.996. The van der Waals surface area contributed by atoms with E-state index in [4.69, 9.17) is 28.3 Å². The highest BCUT2D eigenvalue weighted by atomic mass is 35.5. The predicted molar refractivity (Wildman–Crippen MR) is 170 cm³/mol. The first-order chi connectivity index (χ1) is 20.6. The van der Waals surface area contributed by atoms with E-state index >= 15 is 0 Å². The van der Waals surface area contributed by atoms with Gasteiger partial charge in [-0.1, -0.05) is 71.7 Å². The van der Waals surface area contributed by atoms with Crippen LogP contribution in [0.1, 0.15) is 61.6 Å². The second-order valence-corrected chi connectivity index (χ2v) is 12.5. The third-order valence-corrected chi connectivity index (χ3v) is 9.19. The molecule has 1 saturated heterocycles. The number of hydrogen-bond acceptors (Lipinski definition) is 3. The highest BCUT2D eigenvalue weighted by Gasteiger charge is 2.39. The summed E-state index contributed by atoms with van der Waals surface area (Å²) in [5.74, 6) is 1.15. The molecular formula is C34H40Cl2FN3O3. The molecule has 5 rings (SSSR count). The number of piperidine rings is 1. The van der Waals surface area contributed by atoms with Crippen LogP contribution in [0.25, 0.3) is 0 Å². The summed E-state index contributed by atoms with van der Waals surface area (Å²) in [5.41, 5.74) is 3.10. The quantitative estimate of drug-likeness (QED) is 0.252. The SMILES string of the molecule is CC(=O)NC1(c2ccccc2)CCN(CCC[C@@H]2C[C@@H]2c2ccc(Cl)c(Cl)c2)CC1.CN(Cc1ccc(F)cc1)C(=O)O. The van der Waals surface area contributed by atoms with Crippen molar-refractivity contribution in [3.8, 4) is 0 Å². The topological polar surface area (TPSA) is 72.9 Å². The van der Waals surface area contributed by atoms with Crippen molar-refractivity contribution < 1.29 is 19.1 Å². The number of hydrogen-bond donors (Lipinski definition) is 2. The Morgan fingerprint density at radius 3 is 2.30 bits per heavy atom. The largest absolute Gasteiger partial charge is 0.465 e. The molecule has 1 saturated carbocycles. The van der Waals surface area contributed by atoms with E-state index in [0.29, 0.717) is 16.0 Å². The standard InChI is InChI=1S/C25H30Cl2N2O.C9H10FNO2/c1-18(30)28-25(21-7-3-2-4-8-21)11-14-29(15-12-25)13-5-6-19-16-22(19)20-9-10-23(26)24(27)17-20;1-11(9(12)13)6-7-2-4-8(10)5-3-7/h2-4,7-10,17,19,22H,5-6,11-16H2,1H3,(H,28,30);2-5H,6H2,1H3,(H,12,13)/t19-,22+;/m1./s1. The van der Waals surface area contributed by atoms with Crippen LogP contribution in [-0.4, -0.2) is 53.6 Å². The van der Waals surface area contributed by atoms with E-state index in [1.165, 1.54) is 49.6 Å². The average Bonchev–Trinajstić information content (AvgIpc) is 3.76. The summed E-state index contributed by atoms with van der Waals surface area (Å²) in [6, 6.07) is 22.2. The molecule has 43 heavy (non-hydrogen) atoms. The molecule has 1 aliphatic carbocycles. The molecule has 9 heteroatoms. The number of likely N-dealkylation sites (tertiary alicyclic amines) is 1. The van der Waals surface area contributed by atoms with Crippen LogP contribution in [-0.2, 0) is 16.9 Å². The molecule has 0 spiro atoms. The minimum Gasteiger partial charge on any atom is -0.465 e. The first-order valence-corrected chi connectivity index (χ1v) is 15.5. The van der Waals surface area contributed by atoms with Gasteiger partial charge in [0.2, 0.25) is 5.91 Å². The van der Waals surface area contributed by atoms with Gasteiger partial charge in [-0.05, 0) is 91.4 Å². The van der Waals surface area contributed by atoms with Crippen molar-refractivity contribution in [2.45, 2.75) is 57.0 Å². The van der Waals surface area contributed by atoms with Gasteiger partial charge in [-0.3, -0.25) is 4.79 Å². The number of nitrogens with one attached hydrogen (secondary N) is 1. The van der Waals surface area contributed by atoms with Gasteiger partial charge in [-0.15, -0.1) is 0 Å². The molecule has 1 aliphatic heterocycles. The summed E-state index contributed by atoms with van der Waals surface area (Å²) < 4.78 is 12.5. The Labute approximate surface area is 263 Å². The van der Waals surface area contributed by atoms with Crippen molar-refractivity contribution >= 4 is 35.2 Å². The van der Waals surface area contributed by atoms with Crippen LogP contribution in [0.2, 0.25) is 10.0 Å². The molecule has 0 unspecified atom stereocenters. The summed E-state index contributed by atoms with van der Waals surface area (Å²) in [6.07, 6.45) is 4.68. The molecule has 2 N–H and O–H groups in total. The fourth-order valence-electron chi connectivity index (χ4n) is 5.96. The van der Waals surface area contributed by atoms with Crippen molar-refractivity contribution in [1.29, 1.82) is 0 Å². The zero-order chi connectivity index (χ0) is 31.0. The smallest absolute Gasteiger partial charge is 0.407 e. The molecule has 2 atom stereocenters. The zero-order valence-corrected chi connectivity index (χ0v) is 26.3. The van der Waals surface area contributed by atoms with Gasteiger partial charge < -0.3 is 20.2 Å². The van der Waals surface area contributed by atoms with E-state index in [1.807, 2.05) is 18.2 Å². The molecule has 1 heterocycles. The fraction of sp³-hybridized carbons (Fsp3) is 0.412. The Balaban J connectivity index is 0.000000273. The van der Waals surface area contributed by atoms with Gasteiger partial charge in [0, 0.05) is 33.6 Å². The number of carbonyl (C=O) groups excluding carboxylic acids is 1. The normalized spacial score (nSPS) is 19.1. The van der Waals surface area contributed by atoms with Crippen LogP contribution in [0.15, 0.2) is 72.8 Å². The number of carboxylic acid groups (broad SMARTS) is 1. The van der Waals surface area contributed by atoms with Gasteiger partial charge in [0.1, 0.15) is 5.82 Å². The number of halogens is 3. The van der Waals surface area contributed by atoms with Gasteiger partial charge in [0.25, 0.3) is 0 Å². The molecule has 2 fully saturated rings. The van der Waals surface area contributed by atoms with Crippen LogP contribution in [0, 0.1) is 11.7 Å². The number of amides is 2. The van der Waals surface area contributed by atoms with E-state index in [0.717, 1.165) is 48.9 Å². The van der Waals surface area contributed by atoms with Crippen molar-refractivity contribution in [3.05, 3.63) is 105 Å². The van der Waals surface area contributed by atoms with E-state index in [9.17, 15) is 14.0 Å². The zero-order valence-electron chi connectivity index (χ0n) is 24.7. The molecule has 2 aliphatic rings. The maximum absolute atomic E-state index is 12.5. The van der Waals surface area contributed by atoms with Crippen LogP contribution < -0.4 is 5.32 Å². The molecule has 3 aromatic carbocycles. The molecule has 6 nitrogen and oxygen atoms in total. The fourth-order valence-corrected chi connectivity index (χ4v) is 6.27. The van der Waals surface area contributed by atoms with E-state index in [2.05, 4.69) is 40.5 Å². The van der Waals surface area contributed by atoms with Crippen molar-refractivity contribution in [3.63, 3.8) is 0 Å². The maximum Gasteiger partial charge on any atom is 0.407 e. The second kappa shape index (κ2) is 15.0. The highest BCUT2D eigenvalue weighted by molar-refractivity contribution is 6.42. The highest BCUT2D eigenvalue weighted by Crippen LogP contribution is 2.51. The molecular weight excluding hydrogens is 588 g/mol. The first kappa shape index (κ1) is 32.8. The van der Waals surface area contributed by atoms with E-state index in [-0.39, 0.29) is 23.8 Å². The minimum absolute atomic E-state index is 0.0504. The number of nitrogens with zero attached hydrogens (tertiary/aromatic N) is 2. The summed E-state index contributed by atoms with van der Waals surface area (Å²) in [4.78, 5) is 26.0. The van der Waals surface area contributed by atoms with E-state index in [1.54, 1.807) is 19.1 Å². The Morgan fingerprint density at radius 2 is 1.70 bits per heavy atom. The van der Waals surface area contributed by atoms with Crippen molar-refractivity contribution in [2.24, 2.45) is 5.92 Å². The first-order valence-electron chi connectivity index (χ1n) is 14.8. The monoisotopic (exact) mass is 627 g/mol. The molecule has 0 radical (unpaired) electrons. The number of benzene rings is 3. The van der Waals surface area contributed by atoms with Crippen LogP contribution in [0.4, 0.5) is 9.18 Å². The lowest BCUT2D eigenvalue weighted by Gasteiger charge is -2.42. The van der Waals surface area contributed by atoms with E-state index < -0.39 is 6.09 Å². The van der Waals surface area contributed by atoms with Crippen LogP contribution in [0.3, 0.4) is 0 Å². The van der Waals surface area contributed by atoms with Crippen molar-refractivity contribution in [2.75, 3.05) is 26.7 Å². The van der Waals surface area contributed by atoms with Gasteiger partial charge >= 0.3 is 6.09 Å². The second-order valence-electron chi connectivity index (χ2n) is 11.7. The Hall–Kier alpha value is -3.13. The van der Waals surface area contributed by atoms with Gasteiger partial charge in [-0.25, -0.2) is 9.18 Å². The maximum atomic E-state index is 12.5. The molecule has 2 amide bonds. The summed E-state index contributed by atoms with van der Waals surface area (Å²) in [6.45, 7) is 5.08. The Bertz CT molecular complexity index is 1370. The average molecular weight is 629 g/mol. The molecule has 0 bridgehead atoms. The lowest BCUT2D eigenvalue weighted by molar-refractivity contribution is -0.121. The third kappa shape index (κ3) is 9.43. The Morgan fingerprint density at radius 1 is 1.02 bits per heavy atom. The molecule has 0 aromatic heterocycles.